The van der Waals surface area contributed by atoms with Crippen LogP contribution in [-0.4, -0.2) is 36.4 Å². The van der Waals surface area contributed by atoms with Gasteiger partial charge in [-0.1, -0.05) is 12.1 Å². The van der Waals surface area contributed by atoms with Gasteiger partial charge in [-0.25, -0.2) is 14.0 Å². The molecule has 0 aromatic heterocycles. The van der Waals surface area contributed by atoms with Crippen LogP contribution in [0.25, 0.3) is 0 Å². The van der Waals surface area contributed by atoms with Crippen LogP contribution in [0.1, 0.15) is 26.3 Å². The van der Waals surface area contributed by atoms with Gasteiger partial charge in [-0.3, -0.25) is 0 Å². The minimum atomic E-state index is -2.43. The molecule has 0 N–H and O–H groups in total. The highest BCUT2D eigenvalue weighted by atomic mass is 19.1. The smallest absolute Gasteiger partial charge is 0.443 e. The number of ether oxygens (including phenoxy) is 2. The second kappa shape index (κ2) is 5.47. The fourth-order valence-corrected chi connectivity index (χ4v) is 1.95. The van der Waals surface area contributed by atoms with Crippen molar-refractivity contribution >= 4 is 12.1 Å². The van der Waals surface area contributed by atoms with Gasteiger partial charge < -0.3 is 14.3 Å². The first-order chi connectivity index (χ1) is 10.2. The van der Waals surface area contributed by atoms with E-state index in [4.69, 9.17) is 14.3 Å². The summed E-state index contributed by atoms with van der Waals surface area (Å²) in [4.78, 5) is 28.4. The number of nitrogens with zero attached hydrogens (tertiary/aromatic N) is 1. The van der Waals surface area contributed by atoms with E-state index in [0.717, 1.165) is 0 Å². The number of amides is 1. The maximum Gasteiger partial charge on any atom is 0.443 e. The van der Waals surface area contributed by atoms with Crippen LogP contribution in [-0.2, 0) is 20.0 Å². The topological polar surface area (TPSA) is 65.1 Å². The molecule has 1 saturated heterocycles. The fraction of sp³-hybridized carbons (Fsp3) is 0.467. The number of hydrogen-bond donors (Lipinski definition) is 0. The first-order valence-corrected chi connectivity index (χ1v) is 6.72. The quantitative estimate of drug-likeness (QED) is 0.840. The summed E-state index contributed by atoms with van der Waals surface area (Å²) in [6.07, 6.45) is -0.908. The van der Waals surface area contributed by atoms with E-state index in [1.54, 1.807) is 20.8 Å². The minimum Gasteiger partial charge on any atom is -0.497 e. The maximum atomic E-state index is 15.0. The van der Waals surface area contributed by atoms with E-state index in [9.17, 15) is 14.0 Å². The molecule has 6 nitrogen and oxygen atoms in total. The van der Waals surface area contributed by atoms with Crippen LogP contribution < -0.4 is 4.74 Å². The zero-order valence-corrected chi connectivity index (χ0v) is 12.9. The Kier molecular flexibility index (Phi) is 4.00. The molecule has 7 heteroatoms. The fourth-order valence-electron chi connectivity index (χ4n) is 1.95. The van der Waals surface area contributed by atoms with Crippen LogP contribution in [0, 0.1) is 0 Å². The molecule has 1 aliphatic heterocycles. The Balaban J connectivity index is 2.18. The second-order valence-electron chi connectivity index (χ2n) is 5.93. The van der Waals surface area contributed by atoms with Gasteiger partial charge in [0.05, 0.1) is 7.11 Å². The number of benzene rings is 1. The van der Waals surface area contributed by atoms with Gasteiger partial charge in [-0.15, -0.1) is 5.06 Å². The molecule has 1 heterocycles. The Morgan fingerprint density at radius 1 is 1.32 bits per heavy atom. The molecular weight excluding hydrogens is 293 g/mol. The Labute approximate surface area is 127 Å². The van der Waals surface area contributed by atoms with Crippen molar-refractivity contribution in [3.8, 4) is 5.75 Å². The van der Waals surface area contributed by atoms with Gasteiger partial charge in [0.1, 0.15) is 17.9 Å². The third kappa shape index (κ3) is 3.13. The van der Waals surface area contributed by atoms with E-state index in [2.05, 4.69) is 0 Å². The molecule has 0 aliphatic carbocycles. The normalized spacial score (nSPS) is 21.5. The lowest BCUT2D eigenvalue weighted by atomic mass is 9.96. The lowest BCUT2D eigenvalue weighted by Gasteiger charge is -2.22. The summed E-state index contributed by atoms with van der Waals surface area (Å²) in [6.45, 7) is 4.42. The Morgan fingerprint density at radius 2 is 1.91 bits per heavy atom. The lowest BCUT2D eigenvalue weighted by molar-refractivity contribution is -0.169. The molecule has 1 fully saturated rings. The maximum absolute atomic E-state index is 15.0. The molecule has 1 aromatic carbocycles. The number of carbonyl (C=O) groups is 2. The Bertz CT molecular complexity index is 581. The van der Waals surface area contributed by atoms with E-state index >= 15 is 0 Å². The van der Waals surface area contributed by atoms with Gasteiger partial charge in [-0.2, -0.15) is 0 Å². The van der Waals surface area contributed by atoms with Crippen LogP contribution in [0.3, 0.4) is 0 Å². The van der Waals surface area contributed by atoms with E-state index in [1.807, 2.05) is 0 Å². The first-order valence-electron chi connectivity index (χ1n) is 6.72. The van der Waals surface area contributed by atoms with E-state index in [-0.39, 0.29) is 5.56 Å². The van der Waals surface area contributed by atoms with Crippen molar-refractivity contribution in [3.05, 3.63) is 29.8 Å². The van der Waals surface area contributed by atoms with Crippen molar-refractivity contribution in [2.75, 3.05) is 13.7 Å². The molecule has 2 rings (SSSR count). The van der Waals surface area contributed by atoms with Crippen molar-refractivity contribution in [2.24, 2.45) is 0 Å². The minimum absolute atomic E-state index is 0.0874. The van der Waals surface area contributed by atoms with Gasteiger partial charge >= 0.3 is 12.1 Å². The molecular formula is C15H18FNO5. The molecule has 120 valence electrons. The summed E-state index contributed by atoms with van der Waals surface area (Å²) < 4.78 is 25.0. The third-order valence-electron chi connectivity index (χ3n) is 3.02. The highest BCUT2D eigenvalue weighted by molar-refractivity contribution is 5.86. The highest BCUT2D eigenvalue weighted by Gasteiger charge is 2.53. The zero-order chi connectivity index (χ0) is 16.5. The molecule has 0 radical (unpaired) electrons. The summed E-state index contributed by atoms with van der Waals surface area (Å²) in [6, 6.07) is 5.89. The Hall–Kier alpha value is -2.31. The van der Waals surface area contributed by atoms with Gasteiger partial charge in [-0.05, 0) is 32.9 Å². The molecule has 0 unspecified atom stereocenters. The number of rotatable bonds is 2. The Morgan fingerprint density at radius 3 is 2.41 bits per heavy atom. The average molecular weight is 311 g/mol. The zero-order valence-electron chi connectivity index (χ0n) is 12.9. The predicted molar refractivity (Wildman–Crippen MR) is 74.8 cm³/mol. The van der Waals surface area contributed by atoms with Gasteiger partial charge in [0.15, 0.2) is 0 Å². The second-order valence-corrected chi connectivity index (χ2v) is 5.93. The van der Waals surface area contributed by atoms with Gasteiger partial charge in [0, 0.05) is 5.56 Å². The van der Waals surface area contributed by atoms with Crippen LogP contribution in [0.15, 0.2) is 24.3 Å². The average Bonchev–Trinajstić information content (AvgIpc) is 2.74. The van der Waals surface area contributed by atoms with Crippen LogP contribution in [0.2, 0.25) is 0 Å². The first kappa shape index (κ1) is 16.1. The molecule has 1 aliphatic rings. The van der Waals surface area contributed by atoms with Crippen molar-refractivity contribution in [3.63, 3.8) is 0 Å². The molecule has 0 saturated carbocycles. The van der Waals surface area contributed by atoms with Gasteiger partial charge in [0.25, 0.3) is 5.67 Å². The third-order valence-corrected chi connectivity index (χ3v) is 3.02. The number of hydrogen-bond acceptors (Lipinski definition) is 5. The molecule has 1 amide bonds. The summed E-state index contributed by atoms with van der Waals surface area (Å²) >= 11 is 0. The number of alkyl halides is 1. The van der Waals surface area contributed by atoms with E-state index < -0.39 is 29.9 Å². The number of halogens is 1. The molecule has 22 heavy (non-hydrogen) atoms. The molecule has 1 aromatic rings. The summed E-state index contributed by atoms with van der Waals surface area (Å²) in [7, 11) is 1.48. The molecule has 1 atom stereocenters. The SMILES string of the molecule is COc1ccc([C@]2(F)CN(C(=O)OC(C)(C)C)OC2=O)cc1. The molecule has 0 bridgehead atoms. The summed E-state index contributed by atoms with van der Waals surface area (Å²) in [5.74, 6) is -0.619. The van der Waals surface area contributed by atoms with Crippen molar-refractivity contribution < 1.29 is 28.3 Å². The van der Waals surface area contributed by atoms with E-state index in [1.165, 1.54) is 31.4 Å². The largest absolute Gasteiger partial charge is 0.497 e. The summed E-state index contributed by atoms with van der Waals surface area (Å²) in [5.41, 5.74) is -3.11. The standard InChI is InChI=1S/C15H18FNO5/c1-14(2,3)21-13(19)17-9-15(16,12(18)22-17)10-5-7-11(20-4)8-6-10/h5-8H,9H2,1-4H3/t15-/m1/s1. The van der Waals surface area contributed by atoms with Crippen molar-refractivity contribution in [1.29, 1.82) is 0 Å². The van der Waals surface area contributed by atoms with Gasteiger partial charge in [0.2, 0.25) is 0 Å². The van der Waals surface area contributed by atoms with E-state index in [0.29, 0.717) is 10.8 Å². The predicted octanol–water partition coefficient (Wildman–Crippen LogP) is 2.57. The van der Waals surface area contributed by atoms with Crippen LogP contribution in [0.4, 0.5) is 9.18 Å². The molecule has 0 spiro atoms. The summed E-state index contributed by atoms with van der Waals surface area (Å²) in [5, 5.41) is 0.595. The van der Waals surface area contributed by atoms with Crippen molar-refractivity contribution in [1.82, 2.24) is 5.06 Å². The monoisotopic (exact) mass is 311 g/mol. The highest BCUT2D eigenvalue weighted by Crippen LogP contribution is 2.35. The van der Waals surface area contributed by atoms with Crippen LogP contribution >= 0.6 is 0 Å². The number of methoxy groups -OCH3 is 1. The lowest BCUT2D eigenvalue weighted by Crippen LogP contribution is -2.36. The van der Waals surface area contributed by atoms with Crippen LogP contribution in [0.5, 0.6) is 5.75 Å². The number of hydroxylamine groups is 2. The van der Waals surface area contributed by atoms with Crippen molar-refractivity contribution in [2.45, 2.75) is 32.0 Å². The number of carbonyl (C=O) groups excluding carboxylic acids is 2.